The van der Waals surface area contributed by atoms with Crippen molar-refractivity contribution in [3.63, 3.8) is 0 Å². The van der Waals surface area contributed by atoms with Gasteiger partial charge in [0.2, 0.25) is 5.91 Å². The lowest BCUT2D eigenvalue weighted by Gasteiger charge is -2.41. The van der Waals surface area contributed by atoms with E-state index in [2.05, 4.69) is 10.2 Å². The van der Waals surface area contributed by atoms with Crippen molar-refractivity contribution in [2.75, 3.05) is 25.0 Å². The second-order valence-electron chi connectivity index (χ2n) is 9.41. The lowest BCUT2D eigenvalue weighted by Crippen LogP contribution is -2.54. The lowest BCUT2D eigenvalue weighted by atomic mass is 10.0. The zero-order valence-corrected chi connectivity index (χ0v) is 19.5. The first-order chi connectivity index (χ1) is 16.2. The van der Waals surface area contributed by atoms with Gasteiger partial charge >= 0.3 is 0 Å². The summed E-state index contributed by atoms with van der Waals surface area (Å²) in [7, 11) is 0. The Balaban J connectivity index is 1.44. The van der Waals surface area contributed by atoms with Gasteiger partial charge in [0.05, 0.1) is 5.56 Å². The molecule has 0 bridgehead atoms. The number of hydrogen-bond donors (Lipinski definition) is 1. The van der Waals surface area contributed by atoms with Crippen LogP contribution in [0.25, 0.3) is 0 Å². The SMILES string of the molecule is Cc1c(CN2CCN(C(=O)C3CCCC3)[C@@H](C)C2)cc(F)cc1NC(=O)c1cc(F)ccc1F. The number of amides is 2. The quantitative estimate of drug-likeness (QED) is 0.673. The first kappa shape index (κ1) is 24.3. The molecule has 0 spiro atoms. The van der Waals surface area contributed by atoms with Crippen LogP contribution in [0.15, 0.2) is 30.3 Å². The summed E-state index contributed by atoms with van der Waals surface area (Å²) in [6, 6.07) is 5.29. The average Bonchev–Trinajstić information content (AvgIpc) is 3.33. The van der Waals surface area contributed by atoms with Crippen LogP contribution in [0.4, 0.5) is 18.9 Å². The van der Waals surface area contributed by atoms with E-state index in [4.69, 9.17) is 0 Å². The third kappa shape index (κ3) is 5.27. The van der Waals surface area contributed by atoms with E-state index in [1.807, 2.05) is 11.8 Å². The lowest BCUT2D eigenvalue weighted by molar-refractivity contribution is -0.140. The molecule has 1 aliphatic carbocycles. The predicted molar refractivity (Wildman–Crippen MR) is 124 cm³/mol. The highest BCUT2D eigenvalue weighted by molar-refractivity contribution is 6.04. The Morgan fingerprint density at radius 1 is 1.03 bits per heavy atom. The van der Waals surface area contributed by atoms with Crippen LogP contribution in [0.5, 0.6) is 0 Å². The molecule has 5 nitrogen and oxygen atoms in total. The third-order valence-corrected chi connectivity index (χ3v) is 6.99. The number of hydrogen-bond acceptors (Lipinski definition) is 3. The van der Waals surface area contributed by atoms with E-state index >= 15 is 0 Å². The predicted octanol–water partition coefficient (Wildman–Crippen LogP) is 4.89. The van der Waals surface area contributed by atoms with E-state index in [-0.39, 0.29) is 23.6 Å². The van der Waals surface area contributed by atoms with Crippen molar-refractivity contribution in [2.45, 2.75) is 52.1 Å². The van der Waals surface area contributed by atoms with Crippen molar-refractivity contribution in [3.8, 4) is 0 Å². The molecule has 2 aromatic rings. The minimum Gasteiger partial charge on any atom is -0.337 e. The normalized spacial score (nSPS) is 19.4. The topological polar surface area (TPSA) is 52.6 Å². The Hall–Kier alpha value is -2.87. The molecule has 4 rings (SSSR count). The number of piperazine rings is 1. The van der Waals surface area contributed by atoms with Crippen LogP contribution in [0, 0.1) is 30.3 Å². The van der Waals surface area contributed by atoms with Crippen molar-refractivity contribution >= 4 is 17.5 Å². The standard InChI is InChI=1S/C26H30F3N3O2/c1-16-14-31(9-10-32(16)26(34)18-5-3-4-6-18)15-19-11-21(28)13-24(17(19)2)30-25(33)22-12-20(27)7-8-23(22)29/h7-8,11-13,16,18H,3-6,9-10,14-15H2,1-2H3,(H,30,33)/t16-/m0/s1. The van der Waals surface area contributed by atoms with E-state index in [9.17, 15) is 22.8 Å². The Kier molecular flexibility index (Phi) is 7.26. The fraction of sp³-hybridized carbons (Fsp3) is 0.462. The molecule has 1 N–H and O–H groups in total. The van der Waals surface area contributed by atoms with Crippen molar-refractivity contribution in [1.29, 1.82) is 0 Å². The van der Waals surface area contributed by atoms with E-state index in [1.54, 1.807) is 6.92 Å². The molecule has 2 aromatic carbocycles. The second-order valence-corrected chi connectivity index (χ2v) is 9.41. The molecule has 34 heavy (non-hydrogen) atoms. The van der Waals surface area contributed by atoms with Gasteiger partial charge in [-0.1, -0.05) is 12.8 Å². The molecule has 1 saturated carbocycles. The monoisotopic (exact) mass is 473 g/mol. The number of benzene rings is 2. The van der Waals surface area contributed by atoms with E-state index < -0.39 is 28.9 Å². The fourth-order valence-electron chi connectivity index (χ4n) is 5.04. The molecule has 1 atom stereocenters. The van der Waals surface area contributed by atoms with Gasteiger partial charge in [-0.05, 0) is 68.1 Å². The molecule has 2 amide bonds. The summed E-state index contributed by atoms with van der Waals surface area (Å²) in [5.41, 5.74) is 1.12. The molecule has 2 fully saturated rings. The fourth-order valence-corrected chi connectivity index (χ4v) is 5.04. The molecule has 182 valence electrons. The highest BCUT2D eigenvalue weighted by atomic mass is 19.1. The Morgan fingerprint density at radius 2 is 1.76 bits per heavy atom. The van der Waals surface area contributed by atoms with Gasteiger partial charge in [-0.25, -0.2) is 13.2 Å². The number of rotatable bonds is 5. The molecule has 1 saturated heterocycles. The molecule has 2 aliphatic rings. The number of halogens is 3. The first-order valence-corrected chi connectivity index (χ1v) is 11.8. The largest absolute Gasteiger partial charge is 0.337 e. The Morgan fingerprint density at radius 3 is 2.47 bits per heavy atom. The van der Waals surface area contributed by atoms with Crippen LogP contribution >= 0.6 is 0 Å². The van der Waals surface area contributed by atoms with Crippen LogP contribution in [0.1, 0.15) is 54.1 Å². The van der Waals surface area contributed by atoms with Crippen LogP contribution in [0.3, 0.4) is 0 Å². The maximum absolute atomic E-state index is 14.4. The maximum atomic E-state index is 14.4. The molecular formula is C26H30F3N3O2. The van der Waals surface area contributed by atoms with Crippen molar-refractivity contribution in [2.24, 2.45) is 5.92 Å². The van der Waals surface area contributed by atoms with Gasteiger partial charge in [0.15, 0.2) is 0 Å². The summed E-state index contributed by atoms with van der Waals surface area (Å²) in [5.74, 6) is -2.56. The summed E-state index contributed by atoms with van der Waals surface area (Å²) in [5, 5.41) is 2.52. The summed E-state index contributed by atoms with van der Waals surface area (Å²) >= 11 is 0. The molecule has 0 radical (unpaired) electrons. The average molecular weight is 474 g/mol. The molecule has 1 aliphatic heterocycles. The molecule has 0 aromatic heterocycles. The molecule has 1 heterocycles. The van der Waals surface area contributed by atoms with Gasteiger partial charge in [0.1, 0.15) is 17.5 Å². The smallest absolute Gasteiger partial charge is 0.258 e. The van der Waals surface area contributed by atoms with E-state index in [1.165, 1.54) is 12.1 Å². The Labute approximate surface area is 197 Å². The highest BCUT2D eigenvalue weighted by Gasteiger charge is 2.33. The molecular weight excluding hydrogens is 443 g/mol. The van der Waals surface area contributed by atoms with Gasteiger partial charge in [-0.2, -0.15) is 0 Å². The second kappa shape index (κ2) is 10.2. The third-order valence-electron chi connectivity index (χ3n) is 6.99. The van der Waals surface area contributed by atoms with E-state index in [0.717, 1.165) is 43.9 Å². The minimum absolute atomic E-state index is 0.0610. The number of carbonyl (C=O) groups is 2. The molecule has 0 unspecified atom stereocenters. The van der Waals surface area contributed by atoms with Gasteiger partial charge < -0.3 is 10.2 Å². The van der Waals surface area contributed by atoms with Crippen LogP contribution in [0.2, 0.25) is 0 Å². The van der Waals surface area contributed by atoms with Crippen LogP contribution < -0.4 is 5.32 Å². The summed E-state index contributed by atoms with van der Waals surface area (Å²) in [4.78, 5) is 29.5. The Bertz CT molecular complexity index is 1090. The van der Waals surface area contributed by atoms with Gasteiger partial charge in [0.25, 0.3) is 5.91 Å². The first-order valence-electron chi connectivity index (χ1n) is 11.8. The highest BCUT2D eigenvalue weighted by Crippen LogP contribution is 2.29. The molecule has 8 heteroatoms. The van der Waals surface area contributed by atoms with Crippen molar-refractivity contribution < 1.29 is 22.8 Å². The van der Waals surface area contributed by atoms with Crippen molar-refractivity contribution in [3.05, 3.63) is 64.5 Å². The maximum Gasteiger partial charge on any atom is 0.258 e. The van der Waals surface area contributed by atoms with Gasteiger partial charge in [-0.3, -0.25) is 14.5 Å². The number of nitrogens with zero attached hydrogens (tertiary/aromatic N) is 2. The summed E-state index contributed by atoms with van der Waals surface area (Å²) < 4.78 is 41.9. The number of nitrogens with one attached hydrogen (secondary N) is 1. The van der Waals surface area contributed by atoms with Gasteiger partial charge in [-0.15, -0.1) is 0 Å². The van der Waals surface area contributed by atoms with Crippen LogP contribution in [-0.2, 0) is 11.3 Å². The zero-order valence-electron chi connectivity index (χ0n) is 19.5. The summed E-state index contributed by atoms with van der Waals surface area (Å²) in [6.07, 6.45) is 4.19. The van der Waals surface area contributed by atoms with Gasteiger partial charge in [0, 0.05) is 43.8 Å². The zero-order chi connectivity index (χ0) is 24.4. The summed E-state index contributed by atoms with van der Waals surface area (Å²) in [6.45, 7) is 6.23. The number of anilines is 1. The van der Waals surface area contributed by atoms with E-state index in [0.29, 0.717) is 37.3 Å². The number of carbonyl (C=O) groups excluding carboxylic acids is 2. The van der Waals surface area contributed by atoms with Crippen molar-refractivity contribution in [1.82, 2.24) is 9.80 Å². The minimum atomic E-state index is -0.854. The van der Waals surface area contributed by atoms with Crippen LogP contribution in [-0.4, -0.2) is 47.3 Å².